The highest BCUT2D eigenvalue weighted by Gasteiger charge is 2.05. The zero-order valence-electron chi connectivity index (χ0n) is 10.3. The van der Waals surface area contributed by atoms with Crippen LogP contribution in [0.5, 0.6) is 0 Å². The lowest BCUT2D eigenvalue weighted by atomic mass is 10.3. The van der Waals surface area contributed by atoms with Crippen LogP contribution in [-0.4, -0.2) is 26.7 Å². The Hall–Kier alpha value is -2.22. The van der Waals surface area contributed by atoms with Crippen molar-refractivity contribution in [3.05, 3.63) is 23.5 Å². The van der Waals surface area contributed by atoms with E-state index in [0.717, 1.165) is 11.4 Å². The van der Waals surface area contributed by atoms with Gasteiger partial charge in [0.1, 0.15) is 5.82 Å². The van der Waals surface area contributed by atoms with Crippen LogP contribution in [-0.2, 0) is 6.42 Å². The number of nitrogen functional groups attached to an aromatic ring is 1. The van der Waals surface area contributed by atoms with Gasteiger partial charge in [0, 0.05) is 31.6 Å². The molecule has 0 atom stereocenters. The minimum Gasteiger partial charge on any atom is -0.369 e. The molecular formula is C10H15N7O. The van der Waals surface area contributed by atoms with Gasteiger partial charge in [-0.05, 0) is 6.92 Å². The van der Waals surface area contributed by atoms with Crippen LogP contribution < -0.4 is 16.6 Å². The first kappa shape index (κ1) is 12.2. The molecular weight excluding hydrogens is 234 g/mol. The summed E-state index contributed by atoms with van der Waals surface area (Å²) in [6.07, 6.45) is 2.36. The Kier molecular flexibility index (Phi) is 3.68. The van der Waals surface area contributed by atoms with Crippen molar-refractivity contribution in [1.29, 1.82) is 0 Å². The Labute approximate surface area is 104 Å². The SMILES string of the molecule is Cc1nc(CCNc2nc(NN)ncc2C)no1. The van der Waals surface area contributed by atoms with Crippen molar-refractivity contribution < 1.29 is 4.52 Å². The van der Waals surface area contributed by atoms with Crippen molar-refractivity contribution in [2.75, 3.05) is 17.3 Å². The van der Waals surface area contributed by atoms with E-state index in [0.29, 0.717) is 30.6 Å². The summed E-state index contributed by atoms with van der Waals surface area (Å²) in [6, 6.07) is 0. The number of hydrazine groups is 1. The van der Waals surface area contributed by atoms with Gasteiger partial charge >= 0.3 is 0 Å². The molecule has 0 aromatic carbocycles. The average Bonchev–Trinajstić information content (AvgIpc) is 2.77. The van der Waals surface area contributed by atoms with Crippen LogP contribution in [0.15, 0.2) is 10.7 Å². The van der Waals surface area contributed by atoms with E-state index in [1.54, 1.807) is 13.1 Å². The Morgan fingerprint density at radius 2 is 2.17 bits per heavy atom. The van der Waals surface area contributed by atoms with Crippen molar-refractivity contribution in [2.24, 2.45) is 5.84 Å². The van der Waals surface area contributed by atoms with Crippen LogP contribution in [0.1, 0.15) is 17.3 Å². The summed E-state index contributed by atoms with van der Waals surface area (Å²) in [5.41, 5.74) is 3.35. The second-order valence-electron chi connectivity index (χ2n) is 3.78. The summed E-state index contributed by atoms with van der Waals surface area (Å²) in [7, 11) is 0. The quantitative estimate of drug-likeness (QED) is 0.515. The van der Waals surface area contributed by atoms with Gasteiger partial charge in [0.2, 0.25) is 11.8 Å². The molecule has 0 spiro atoms. The Bertz CT molecular complexity index is 525. The molecule has 2 heterocycles. The number of nitrogens with two attached hydrogens (primary N) is 1. The van der Waals surface area contributed by atoms with E-state index in [9.17, 15) is 0 Å². The first-order valence-corrected chi connectivity index (χ1v) is 5.52. The molecule has 2 aromatic heterocycles. The van der Waals surface area contributed by atoms with Crippen LogP contribution in [0.2, 0.25) is 0 Å². The van der Waals surface area contributed by atoms with Gasteiger partial charge in [-0.25, -0.2) is 10.8 Å². The van der Waals surface area contributed by atoms with Gasteiger partial charge in [0.25, 0.3) is 0 Å². The molecule has 0 saturated heterocycles. The van der Waals surface area contributed by atoms with E-state index in [-0.39, 0.29) is 0 Å². The maximum Gasteiger partial charge on any atom is 0.239 e. The minimum absolute atomic E-state index is 0.374. The monoisotopic (exact) mass is 249 g/mol. The minimum atomic E-state index is 0.374. The number of nitrogens with zero attached hydrogens (tertiary/aromatic N) is 4. The third-order valence-electron chi connectivity index (χ3n) is 2.31. The van der Waals surface area contributed by atoms with E-state index in [1.807, 2.05) is 6.92 Å². The summed E-state index contributed by atoms with van der Waals surface area (Å²) in [5, 5.41) is 6.99. The fraction of sp³-hybridized carbons (Fsp3) is 0.400. The number of aromatic nitrogens is 4. The highest BCUT2D eigenvalue weighted by molar-refractivity contribution is 5.45. The summed E-state index contributed by atoms with van der Waals surface area (Å²) in [5.74, 6) is 7.60. The number of anilines is 2. The molecule has 2 rings (SSSR count). The summed E-state index contributed by atoms with van der Waals surface area (Å²) < 4.78 is 4.89. The van der Waals surface area contributed by atoms with Gasteiger partial charge in [0.05, 0.1) is 0 Å². The summed E-state index contributed by atoms with van der Waals surface area (Å²) in [6.45, 7) is 4.33. The number of aryl methyl sites for hydroxylation is 2. The standard InChI is InChI=1S/C10H15N7O/c1-6-5-13-10(16-11)15-9(6)12-4-3-8-14-7(2)18-17-8/h5H,3-4,11H2,1-2H3,(H2,12,13,15,16). The lowest BCUT2D eigenvalue weighted by molar-refractivity contribution is 0.387. The van der Waals surface area contributed by atoms with Gasteiger partial charge in [-0.2, -0.15) is 9.97 Å². The lowest BCUT2D eigenvalue weighted by Gasteiger charge is -2.08. The van der Waals surface area contributed by atoms with Gasteiger partial charge in [-0.3, -0.25) is 5.43 Å². The number of nitrogens with one attached hydrogen (secondary N) is 2. The molecule has 96 valence electrons. The van der Waals surface area contributed by atoms with Gasteiger partial charge < -0.3 is 9.84 Å². The first-order valence-electron chi connectivity index (χ1n) is 5.52. The molecule has 8 nitrogen and oxygen atoms in total. The van der Waals surface area contributed by atoms with Crippen molar-refractivity contribution in [1.82, 2.24) is 20.1 Å². The molecule has 18 heavy (non-hydrogen) atoms. The van der Waals surface area contributed by atoms with E-state index in [1.165, 1.54) is 0 Å². The third-order valence-corrected chi connectivity index (χ3v) is 2.31. The van der Waals surface area contributed by atoms with Gasteiger partial charge in [-0.15, -0.1) is 0 Å². The molecule has 0 bridgehead atoms. The van der Waals surface area contributed by atoms with E-state index >= 15 is 0 Å². The largest absolute Gasteiger partial charge is 0.369 e. The molecule has 0 amide bonds. The molecule has 0 aliphatic heterocycles. The van der Waals surface area contributed by atoms with Crippen LogP contribution >= 0.6 is 0 Å². The van der Waals surface area contributed by atoms with Gasteiger partial charge in [-0.1, -0.05) is 5.16 Å². The van der Waals surface area contributed by atoms with Crippen LogP contribution in [0.25, 0.3) is 0 Å². The third kappa shape index (κ3) is 2.92. The predicted octanol–water partition coefficient (Wildman–Crippen LogP) is 0.417. The molecule has 0 unspecified atom stereocenters. The number of rotatable bonds is 5. The zero-order valence-corrected chi connectivity index (χ0v) is 10.3. The van der Waals surface area contributed by atoms with Crippen LogP contribution in [0.3, 0.4) is 0 Å². The normalized spacial score (nSPS) is 10.4. The van der Waals surface area contributed by atoms with Crippen molar-refractivity contribution >= 4 is 11.8 Å². The van der Waals surface area contributed by atoms with Crippen molar-refractivity contribution in [2.45, 2.75) is 20.3 Å². The number of hydrogen-bond acceptors (Lipinski definition) is 8. The highest BCUT2D eigenvalue weighted by Crippen LogP contribution is 2.11. The molecule has 8 heteroatoms. The summed E-state index contributed by atoms with van der Waals surface area (Å²) >= 11 is 0. The fourth-order valence-electron chi connectivity index (χ4n) is 1.43. The van der Waals surface area contributed by atoms with E-state index < -0.39 is 0 Å². The second kappa shape index (κ2) is 5.41. The molecule has 0 radical (unpaired) electrons. The average molecular weight is 249 g/mol. The molecule has 2 aromatic rings. The summed E-state index contributed by atoms with van der Waals surface area (Å²) in [4.78, 5) is 12.3. The maximum absolute atomic E-state index is 5.26. The van der Waals surface area contributed by atoms with Gasteiger partial charge in [0.15, 0.2) is 5.82 Å². The maximum atomic E-state index is 5.26. The topological polar surface area (TPSA) is 115 Å². The van der Waals surface area contributed by atoms with Crippen LogP contribution in [0, 0.1) is 13.8 Å². The fourth-order valence-corrected chi connectivity index (χ4v) is 1.43. The van der Waals surface area contributed by atoms with Crippen molar-refractivity contribution in [3.8, 4) is 0 Å². The molecule has 0 aliphatic rings. The highest BCUT2D eigenvalue weighted by atomic mass is 16.5. The Balaban J connectivity index is 1.93. The Morgan fingerprint density at radius 3 is 2.83 bits per heavy atom. The molecule has 0 aliphatic carbocycles. The molecule has 4 N–H and O–H groups in total. The molecule has 0 fully saturated rings. The van der Waals surface area contributed by atoms with E-state index in [4.69, 9.17) is 10.4 Å². The Morgan fingerprint density at radius 1 is 1.33 bits per heavy atom. The van der Waals surface area contributed by atoms with Crippen LogP contribution in [0.4, 0.5) is 11.8 Å². The van der Waals surface area contributed by atoms with E-state index in [2.05, 4.69) is 30.9 Å². The predicted molar refractivity (Wildman–Crippen MR) is 65.8 cm³/mol. The zero-order chi connectivity index (χ0) is 13.0. The smallest absolute Gasteiger partial charge is 0.239 e. The van der Waals surface area contributed by atoms with Crippen molar-refractivity contribution in [3.63, 3.8) is 0 Å². The second-order valence-corrected chi connectivity index (χ2v) is 3.78. The first-order chi connectivity index (χ1) is 8.69. The molecule has 0 saturated carbocycles. The number of hydrogen-bond donors (Lipinski definition) is 3. The lowest BCUT2D eigenvalue weighted by Crippen LogP contribution is -2.14.